The molecular formula is C17H22O3. The molecule has 0 saturated heterocycles. The molecule has 3 unspecified atom stereocenters. The summed E-state index contributed by atoms with van der Waals surface area (Å²) >= 11 is 0. The van der Waals surface area contributed by atoms with Gasteiger partial charge in [-0.15, -0.1) is 0 Å². The molecule has 0 radical (unpaired) electrons. The number of fused-ring (bicyclic) bond motifs is 2. The van der Waals surface area contributed by atoms with Gasteiger partial charge in [0.25, 0.3) is 0 Å². The quantitative estimate of drug-likeness (QED) is 0.726. The molecule has 3 aliphatic rings. The maximum atomic E-state index is 12.2. The zero-order chi connectivity index (χ0) is 14.5. The van der Waals surface area contributed by atoms with Gasteiger partial charge in [0.15, 0.2) is 5.78 Å². The van der Waals surface area contributed by atoms with Crippen LogP contribution in [0.5, 0.6) is 0 Å². The lowest BCUT2D eigenvalue weighted by Crippen LogP contribution is -2.38. The minimum atomic E-state index is -0.275. The number of esters is 1. The maximum absolute atomic E-state index is 12.2. The number of ether oxygens (including phenoxy) is 1. The van der Waals surface area contributed by atoms with Crippen molar-refractivity contribution in [2.75, 3.05) is 0 Å². The zero-order valence-corrected chi connectivity index (χ0v) is 12.4. The van der Waals surface area contributed by atoms with Gasteiger partial charge in [-0.3, -0.25) is 4.79 Å². The van der Waals surface area contributed by atoms with E-state index in [0.29, 0.717) is 17.9 Å². The summed E-state index contributed by atoms with van der Waals surface area (Å²) in [6.07, 6.45) is 8.38. The van der Waals surface area contributed by atoms with Gasteiger partial charge < -0.3 is 4.74 Å². The molecule has 0 heterocycles. The van der Waals surface area contributed by atoms with E-state index in [2.05, 4.69) is 20.8 Å². The first-order chi connectivity index (χ1) is 9.34. The number of carbonyl (C=O) groups excluding carboxylic acids is 2. The number of carbonyl (C=O) groups is 2. The van der Waals surface area contributed by atoms with E-state index in [-0.39, 0.29) is 28.7 Å². The Morgan fingerprint density at radius 2 is 2.05 bits per heavy atom. The van der Waals surface area contributed by atoms with Crippen molar-refractivity contribution < 1.29 is 14.3 Å². The van der Waals surface area contributed by atoms with Crippen LogP contribution < -0.4 is 0 Å². The van der Waals surface area contributed by atoms with Crippen LogP contribution in [0.15, 0.2) is 23.8 Å². The molecule has 3 atom stereocenters. The Morgan fingerprint density at radius 1 is 1.30 bits per heavy atom. The summed E-state index contributed by atoms with van der Waals surface area (Å²) in [6.45, 7) is 6.86. The second-order valence-electron chi connectivity index (χ2n) is 7.17. The standard InChI is InChI=1S/C17H22O3/c1-16(2)12-8-9-17(16,3)14(10-12)20-15(19)11-4-6-13(18)7-5-11/h4-6,12,14H,7-10H2,1-3H3. The molecule has 0 aromatic carbocycles. The molecule has 2 bridgehead atoms. The van der Waals surface area contributed by atoms with Crippen molar-refractivity contribution >= 4 is 11.8 Å². The van der Waals surface area contributed by atoms with Crippen LogP contribution in [-0.2, 0) is 14.3 Å². The molecule has 0 aliphatic heterocycles. The van der Waals surface area contributed by atoms with Gasteiger partial charge in [-0.2, -0.15) is 0 Å². The topological polar surface area (TPSA) is 43.4 Å². The van der Waals surface area contributed by atoms with Crippen molar-refractivity contribution in [3.8, 4) is 0 Å². The molecule has 0 aromatic rings. The monoisotopic (exact) mass is 274 g/mol. The van der Waals surface area contributed by atoms with Gasteiger partial charge >= 0.3 is 5.97 Å². The zero-order valence-electron chi connectivity index (χ0n) is 12.4. The Bertz CT molecular complexity index is 526. The van der Waals surface area contributed by atoms with Crippen LogP contribution in [0.1, 0.15) is 46.5 Å². The number of allylic oxidation sites excluding steroid dienone is 2. The van der Waals surface area contributed by atoms with Gasteiger partial charge in [-0.1, -0.05) is 26.8 Å². The summed E-state index contributed by atoms with van der Waals surface area (Å²) in [5.41, 5.74) is 0.848. The summed E-state index contributed by atoms with van der Waals surface area (Å²) in [4.78, 5) is 23.4. The molecule has 20 heavy (non-hydrogen) atoms. The lowest BCUT2D eigenvalue weighted by atomic mass is 9.70. The van der Waals surface area contributed by atoms with E-state index in [1.54, 1.807) is 12.2 Å². The van der Waals surface area contributed by atoms with Crippen molar-refractivity contribution in [3.63, 3.8) is 0 Å². The van der Waals surface area contributed by atoms with Crippen LogP contribution >= 0.6 is 0 Å². The van der Waals surface area contributed by atoms with E-state index in [1.165, 1.54) is 12.5 Å². The normalized spacial score (nSPS) is 38.0. The van der Waals surface area contributed by atoms with E-state index in [4.69, 9.17) is 4.74 Å². The largest absolute Gasteiger partial charge is 0.458 e. The fourth-order valence-electron chi connectivity index (χ4n) is 4.19. The molecule has 0 N–H and O–H groups in total. The summed E-state index contributed by atoms with van der Waals surface area (Å²) in [6, 6.07) is 0. The number of rotatable bonds is 2. The fourth-order valence-corrected chi connectivity index (χ4v) is 4.19. The lowest BCUT2D eigenvalue weighted by Gasteiger charge is -2.38. The third-order valence-corrected chi connectivity index (χ3v) is 6.17. The fraction of sp³-hybridized carbons (Fsp3) is 0.647. The molecule has 108 valence electrons. The minimum Gasteiger partial charge on any atom is -0.458 e. The van der Waals surface area contributed by atoms with Crippen LogP contribution in [0.3, 0.4) is 0 Å². The van der Waals surface area contributed by atoms with Crippen molar-refractivity contribution in [1.82, 2.24) is 0 Å². The van der Waals surface area contributed by atoms with Crippen LogP contribution in [0.25, 0.3) is 0 Å². The summed E-state index contributed by atoms with van der Waals surface area (Å²) in [5.74, 6) is 0.417. The Morgan fingerprint density at radius 3 is 2.55 bits per heavy atom. The Kier molecular flexibility index (Phi) is 2.93. The number of ketones is 1. The highest BCUT2D eigenvalue weighted by atomic mass is 16.5. The van der Waals surface area contributed by atoms with E-state index >= 15 is 0 Å². The average molecular weight is 274 g/mol. The second kappa shape index (κ2) is 4.31. The molecule has 0 spiro atoms. The van der Waals surface area contributed by atoms with E-state index in [9.17, 15) is 9.59 Å². The molecule has 2 fully saturated rings. The first kappa shape index (κ1) is 13.6. The van der Waals surface area contributed by atoms with Crippen molar-refractivity contribution in [2.24, 2.45) is 16.7 Å². The minimum absolute atomic E-state index is 0.00989. The SMILES string of the molecule is CC1(C)C2CCC1(C)C(OC(=O)C1=CCC(=O)C=C1)C2. The molecule has 3 nitrogen and oxygen atoms in total. The molecule has 0 aromatic heterocycles. The summed E-state index contributed by atoms with van der Waals surface area (Å²) in [7, 11) is 0. The number of hydrogen-bond acceptors (Lipinski definition) is 3. The van der Waals surface area contributed by atoms with Gasteiger partial charge in [0.05, 0.1) is 5.57 Å². The third kappa shape index (κ3) is 1.79. The molecule has 3 heteroatoms. The van der Waals surface area contributed by atoms with E-state index in [1.807, 2.05) is 0 Å². The summed E-state index contributed by atoms with van der Waals surface area (Å²) < 4.78 is 5.79. The maximum Gasteiger partial charge on any atom is 0.338 e. The highest BCUT2D eigenvalue weighted by Gasteiger charge is 2.62. The van der Waals surface area contributed by atoms with Gasteiger partial charge in [0.2, 0.25) is 0 Å². The predicted octanol–water partition coefficient (Wildman–Crippen LogP) is 3.20. The molecule has 3 rings (SSSR count). The highest BCUT2D eigenvalue weighted by Crippen LogP contribution is 2.66. The van der Waals surface area contributed by atoms with E-state index < -0.39 is 0 Å². The molecular weight excluding hydrogens is 252 g/mol. The predicted molar refractivity (Wildman–Crippen MR) is 76.0 cm³/mol. The Balaban J connectivity index is 1.73. The van der Waals surface area contributed by atoms with Crippen molar-refractivity contribution in [1.29, 1.82) is 0 Å². The smallest absolute Gasteiger partial charge is 0.338 e. The van der Waals surface area contributed by atoms with Gasteiger partial charge in [0, 0.05) is 11.8 Å². The van der Waals surface area contributed by atoms with Crippen molar-refractivity contribution in [3.05, 3.63) is 23.8 Å². The van der Waals surface area contributed by atoms with Crippen LogP contribution in [0.2, 0.25) is 0 Å². The van der Waals surface area contributed by atoms with Gasteiger partial charge in [0.1, 0.15) is 6.10 Å². The van der Waals surface area contributed by atoms with Crippen LogP contribution in [0, 0.1) is 16.7 Å². The van der Waals surface area contributed by atoms with Crippen LogP contribution in [-0.4, -0.2) is 17.9 Å². The average Bonchev–Trinajstić information content (AvgIpc) is 2.72. The lowest BCUT2D eigenvalue weighted by molar-refractivity contribution is -0.151. The Hall–Kier alpha value is -1.38. The molecule has 3 aliphatic carbocycles. The van der Waals surface area contributed by atoms with Gasteiger partial charge in [-0.05, 0) is 42.7 Å². The summed E-state index contributed by atoms with van der Waals surface area (Å²) in [5, 5.41) is 0. The Labute approximate surface area is 120 Å². The van der Waals surface area contributed by atoms with Crippen LogP contribution in [0.4, 0.5) is 0 Å². The first-order valence-electron chi connectivity index (χ1n) is 7.46. The third-order valence-electron chi connectivity index (χ3n) is 6.17. The highest BCUT2D eigenvalue weighted by molar-refractivity contribution is 6.00. The molecule has 2 saturated carbocycles. The first-order valence-corrected chi connectivity index (χ1v) is 7.46. The molecule has 0 amide bonds. The second-order valence-corrected chi connectivity index (χ2v) is 7.17. The van der Waals surface area contributed by atoms with Gasteiger partial charge in [-0.25, -0.2) is 4.79 Å². The number of hydrogen-bond donors (Lipinski definition) is 0. The van der Waals surface area contributed by atoms with E-state index in [0.717, 1.165) is 12.8 Å². The van der Waals surface area contributed by atoms with Crippen molar-refractivity contribution in [2.45, 2.75) is 52.6 Å².